The topological polar surface area (TPSA) is 9.86 Å². The van der Waals surface area contributed by atoms with Crippen LogP contribution in [0.4, 0.5) is 0 Å². The fourth-order valence-electron chi connectivity index (χ4n) is 10.3. The Kier molecular flexibility index (Phi) is 8.87. The van der Waals surface area contributed by atoms with Crippen molar-refractivity contribution in [3.8, 4) is 33.6 Å². The highest BCUT2D eigenvalue weighted by Crippen LogP contribution is 2.38. The summed E-state index contributed by atoms with van der Waals surface area (Å²) >= 11 is 0. The molecule has 12 rings (SSSR count). The third-order valence-electron chi connectivity index (χ3n) is 13.0. The van der Waals surface area contributed by atoms with E-state index in [4.69, 9.17) is 0 Å². The van der Waals surface area contributed by atoms with E-state index in [0.717, 1.165) is 11.4 Å². The average molecular weight is 819 g/mol. The van der Waals surface area contributed by atoms with Crippen molar-refractivity contribution < 1.29 is 0 Å². The predicted molar refractivity (Wildman–Crippen MR) is 270 cm³/mol. The molecule has 12 aromatic rings. The summed E-state index contributed by atoms with van der Waals surface area (Å²) in [4.78, 5) is 0. The van der Waals surface area contributed by atoms with Gasteiger partial charge < -0.3 is 9.13 Å². The van der Waals surface area contributed by atoms with Crippen LogP contribution in [0.3, 0.4) is 0 Å². The van der Waals surface area contributed by atoms with Crippen molar-refractivity contribution in [2.75, 3.05) is 0 Å². The smallest absolute Gasteiger partial charge is 0.179 e. The monoisotopic (exact) mass is 818 g/mol. The van der Waals surface area contributed by atoms with Crippen LogP contribution in [0.2, 0.25) is 0 Å². The zero-order valence-electron chi connectivity index (χ0n) is 34.6. The summed E-state index contributed by atoms with van der Waals surface area (Å²) in [5.41, 5.74) is 11.9. The molecule has 2 nitrogen and oxygen atoms in total. The van der Waals surface area contributed by atoms with Crippen LogP contribution in [-0.4, -0.2) is 17.2 Å². The van der Waals surface area contributed by atoms with Crippen LogP contribution in [0.5, 0.6) is 0 Å². The highest BCUT2D eigenvalue weighted by Gasteiger charge is 2.41. The molecule has 0 spiro atoms. The first-order valence-electron chi connectivity index (χ1n) is 21.8. The second-order valence-electron chi connectivity index (χ2n) is 16.5. The normalized spacial score (nSPS) is 11.8. The number of hydrogen-bond donors (Lipinski definition) is 0. The summed E-state index contributed by atoms with van der Waals surface area (Å²) in [6.45, 7) is 0. The van der Waals surface area contributed by atoms with Crippen molar-refractivity contribution in [1.82, 2.24) is 9.13 Å². The van der Waals surface area contributed by atoms with Crippen LogP contribution >= 0.6 is 0 Å². The fourth-order valence-corrected chi connectivity index (χ4v) is 15.1. The Labute approximate surface area is 368 Å². The number of hydrogen-bond acceptors (Lipinski definition) is 0. The molecule has 3 heteroatoms. The van der Waals surface area contributed by atoms with Gasteiger partial charge in [-0.1, -0.05) is 206 Å². The maximum Gasteiger partial charge on any atom is 0.179 e. The molecule has 0 aliphatic carbocycles. The summed E-state index contributed by atoms with van der Waals surface area (Å²) in [5, 5.41) is 10.4. The number of benzene rings is 10. The number of fused-ring (bicyclic) bond motifs is 6. The van der Waals surface area contributed by atoms with E-state index in [2.05, 4.69) is 264 Å². The molecule has 0 radical (unpaired) electrons. The van der Waals surface area contributed by atoms with Crippen LogP contribution < -0.4 is 20.7 Å². The van der Waals surface area contributed by atoms with Crippen molar-refractivity contribution >= 4 is 72.4 Å². The lowest BCUT2D eigenvalue weighted by Gasteiger charge is -2.34. The van der Waals surface area contributed by atoms with Crippen LogP contribution in [0.15, 0.2) is 255 Å². The molecule has 2 aromatic heterocycles. The quantitative estimate of drug-likeness (QED) is 0.107. The fraction of sp³-hybridized carbons (Fsp3) is 0. The van der Waals surface area contributed by atoms with E-state index < -0.39 is 8.07 Å². The SMILES string of the molecule is c1ccc(-c2cccc(-n3c4ccccc4c4cc(-n5c6ccccc6c6ccc(-c7cccc([Si](c8ccccc8)(c8ccccc8)c8ccccc8)c7)cc65)ccc43)c2)cc1. The Morgan fingerprint density at radius 1 is 0.222 bits per heavy atom. The van der Waals surface area contributed by atoms with Crippen molar-refractivity contribution in [3.05, 3.63) is 255 Å². The molecule has 296 valence electrons. The Bertz CT molecular complexity index is 3510. The van der Waals surface area contributed by atoms with Crippen molar-refractivity contribution in [2.24, 2.45) is 0 Å². The van der Waals surface area contributed by atoms with Gasteiger partial charge in [-0.2, -0.15) is 0 Å². The van der Waals surface area contributed by atoms with Gasteiger partial charge in [0.1, 0.15) is 0 Å². The third-order valence-corrected chi connectivity index (χ3v) is 17.8. The summed E-state index contributed by atoms with van der Waals surface area (Å²) in [7, 11) is -2.71. The third kappa shape index (κ3) is 6.00. The van der Waals surface area contributed by atoms with Crippen LogP contribution in [-0.2, 0) is 0 Å². The van der Waals surface area contributed by atoms with Gasteiger partial charge in [0.15, 0.2) is 8.07 Å². The van der Waals surface area contributed by atoms with E-state index in [1.807, 2.05) is 0 Å². The maximum absolute atomic E-state index is 2.71. The van der Waals surface area contributed by atoms with Crippen molar-refractivity contribution in [3.63, 3.8) is 0 Å². The van der Waals surface area contributed by atoms with Crippen LogP contribution in [0.1, 0.15) is 0 Å². The van der Waals surface area contributed by atoms with Crippen LogP contribution in [0.25, 0.3) is 77.2 Å². The van der Waals surface area contributed by atoms with E-state index in [9.17, 15) is 0 Å². The summed E-state index contributed by atoms with van der Waals surface area (Å²) in [5.74, 6) is 0. The van der Waals surface area contributed by atoms with E-state index in [1.54, 1.807) is 0 Å². The van der Waals surface area contributed by atoms with Gasteiger partial charge in [0.2, 0.25) is 0 Å². The van der Waals surface area contributed by atoms with Gasteiger partial charge in [0, 0.05) is 32.9 Å². The minimum Gasteiger partial charge on any atom is -0.309 e. The molecule has 0 aliphatic heterocycles. The second-order valence-corrected chi connectivity index (χ2v) is 20.3. The van der Waals surface area contributed by atoms with Gasteiger partial charge in [-0.05, 0) is 91.5 Å². The highest BCUT2D eigenvalue weighted by atomic mass is 28.3. The predicted octanol–water partition coefficient (Wildman–Crippen LogP) is 12.6. The van der Waals surface area contributed by atoms with E-state index >= 15 is 0 Å². The molecular weight excluding hydrogens is 777 g/mol. The first kappa shape index (κ1) is 36.8. The molecule has 10 aromatic carbocycles. The molecule has 0 saturated carbocycles. The Morgan fingerprint density at radius 2 is 0.651 bits per heavy atom. The molecule has 0 saturated heterocycles. The molecule has 0 bridgehead atoms. The largest absolute Gasteiger partial charge is 0.309 e. The zero-order chi connectivity index (χ0) is 41.7. The minimum absolute atomic E-state index is 1.14. The molecule has 0 unspecified atom stereocenters. The van der Waals surface area contributed by atoms with E-state index in [-0.39, 0.29) is 0 Å². The van der Waals surface area contributed by atoms with Crippen molar-refractivity contribution in [1.29, 1.82) is 0 Å². The Balaban J connectivity index is 1.04. The lowest BCUT2D eigenvalue weighted by Crippen LogP contribution is -2.74. The van der Waals surface area contributed by atoms with Crippen molar-refractivity contribution in [2.45, 2.75) is 0 Å². The lowest BCUT2D eigenvalue weighted by molar-refractivity contribution is 1.17. The van der Waals surface area contributed by atoms with Crippen LogP contribution in [0, 0.1) is 0 Å². The lowest BCUT2D eigenvalue weighted by atomic mass is 10.0. The van der Waals surface area contributed by atoms with Gasteiger partial charge in [0.05, 0.1) is 22.1 Å². The van der Waals surface area contributed by atoms with Gasteiger partial charge in [-0.3, -0.25) is 0 Å². The number of rotatable bonds is 8. The number of aromatic nitrogens is 2. The molecule has 0 N–H and O–H groups in total. The molecule has 0 atom stereocenters. The summed E-state index contributed by atoms with van der Waals surface area (Å²) < 4.78 is 4.89. The molecule has 2 heterocycles. The van der Waals surface area contributed by atoms with Gasteiger partial charge >= 0.3 is 0 Å². The van der Waals surface area contributed by atoms with E-state index in [1.165, 1.54) is 86.6 Å². The molecule has 63 heavy (non-hydrogen) atoms. The summed E-state index contributed by atoms with van der Waals surface area (Å²) in [6, 6.07) is 94.2. The minimum atomic E-state index is -2.71. The second kappa shape index (κ2) is 15.2. The molecular formula is C60H42N2Si. The maximum atomic E-state index is 2.47. The molecule has 0 fully saturated rings. The van der Waals surface area contributed by atoms with Gasteiger partial charge in [-0.15, -0.1) is 0 Å². The first-order chi connectivity index (χ1) is 31.3. The van der Waals surface area contributed by atoms with Gasteiger partial charge in [0.25, 0.3) is 0 Å². The number of para-hydroxylation sites is 2. The average Bonchev–Trinajstić information content (AvgIpc) is 3.88. The first-order valence-corrected chi connectivity index (χ1v) is 23.8. The standard InChI is InChI=1S/C60H42N2Si/c1-5-19-43(20-6-1)44-21-17-23-47(39-44)61-58-34-16-14-32-54(58)56-42-48(36-38-59(56)61)62-57-33-15-13-31-53(57)55-37-35-46(41-60(55)62)45-22-18-30-52(40-45)63(49-24-7-2-8-25-49,50-26-9-3-10-27-50)51-28-11-4-12-29-51/h1-42H. The highest BCUT2D eigenvalue weighted by molar-refractivity contribution is 7.19. The summed E-state index contributed by atoms with van der Waals surface area (Å²) in [6.07, 6.45) is 0. The molecule has 0 aliphatic rings. The Hall–Kier alpha value is -7.98. The molecule has 0 amide bonds. The number of nitrogens with zero attached hydrogens (tertiary/aromatic N) is 2. The van der Waals surface area contributed by atoms with Gasteiger partial charge in [-0.25, -0.2) is 0 Å². The van der Waals surface area contributed by atoms with E-state index in [0.29, 0.717) is 0 Å². The Morgan fingerprint density at radius 3 is 1.29 bits per heavy atom. The zero-order valence-corrected chi connectivity index (χ0v) is 35.6.